The third kappa shape index (κ3) is 2.74. The summed E-state index contributed by atoms with van der Waals surface area (Å²) in [6.45, 7) is 0.752. The number of nitrogens with one attached hydrogen (secondary N) is 1. The van der Waals surface area contributed by atoms with Crippen molar-refractivity contribution in [1.82, 2.24) is 4.90 Å². The number of aliphatic hydroxyl groups excluding tert-OH is 1. The van der Waals surface area contributed by atoms with Crippen molar-refractivity contribution in [2.24, 2.45) is 0 Å². The van der Waals surface area contributed by atoms with Crippen molar-refractivity contribution in [3.05, 3.63) is 41.6 Å². The van der Waals surface area contributed by atoms with E-state index < -0.39 is 18.1 Å². The second kappa shape index (κ2) is 6.27. The molecule has 1 aromatic carbocycles. The Bertz CT molecular complexity index is 622. The van der Waals surface area contributed by atoms with Crippen LogP contribution in [0.3, 0.4) is 0 Å². The molecular formula is C15H16N2O5. The summed E-state index contributed by atoms with van der Waals surface area (Å²) in [5, 5.41) is 11.9. The Morgan fingerprint density at radius 1 is 1.23 bits per heavy atom. The molecular weight excluding hydrogens is 288 g/mol. The number of imide groups is 1. The van der Waals surface area contributed by atoms with Gasteiger partial charge in [-0.2, -0.15) is 0 Å². The molecule has 0 saturated carbocycles. The van der Waals surface area contributed by atoms with E-state index in [2.05, 4.69) is 5.32 Å². The number of carbonyl (C=O) groups excluding carboxylic acids is 2. The van der Waals surface area contributed by atoms with Gasteiger partial charge in [0.2, 0.25) is 0 Å². The minimum atomic E-state index is -0.481. The third-order valence-corrected chi connectivity index (χ3v) is 3.44. The maximum Gasteiger partial charge on any atom is 0.277 e. The van der Waals surface area contributed by atoms with Crippen molar-refractivity contribution in [2.45, 2.75) is 6.29 Å². The number of benzene rings is 1. The summed E-state index contributed by atoms with van der Waals surface area (Å²) in [4.78, 5) is 24.9. The summed E-state index contributed by atoms with van der Waals surface area (Å²) in [5.74, 6) is -0.894. The first-order valence-corrected chi connectivity index (χ1v) is 6.98. The van der Waals surface area contributed by atoms with Crippen LogP contribution in [0.2, 0.25) is 0 Å². The first-order valence-electron chi connectivity index (χ1n) is 6.98. The fourth-order valence-electron chi connectivity index (χ4n) is 2.41. The van der Waals surface area contributed by atoms with Crippen LogP contribution < -0.4 is 5.32 Å². The molecule has 7 nitrogen and oxygen atoms in total. The summed E-state index contributed by atoms with van der Waals surface area (Å²) in [6.07, 6.45) is 0.746. The Hall–Kier alpha value is -2.22. The van der Waals surface area contributed by atoms with Crippen LogP contribution in [0.4, 0.5) is 5.69 Å². The molecule has 22 heavy (non-hydrogen) atoms. The molecule has 0 bridgehead atoms. The highest BCUT2D eigenvalue weighted by Crippen LogP contribution is 2.30. The van der Waals surface area contributed by atoms with Crippen LogP contribution in [0.25, 0.3) is 0 Å². The molecule has 0 atom stereocenters. The van der Waals surface area contributed by atoms with Gasteiger partial charge in [-0.05, 0) is 6.07 Å². The van der Waals surface area contributed by atoms with Crippen LogP contribution in [-0.2, 0) is 19.1 Å². The Kier molecular flexibility index (Phi) is 4.19. The largest absolute Gasteiger partial charge is 0.395 e. The molecule has 7 heteroatoms. The normalized spacial score (nSPS) is 19.0. The summed E-state index contributed by atoms with van der Waals surface area (Å²) >= 11 is 0. The fraction of sp³-hybridized carbons (Fsp3) is 0.333. The van der Waals surface area contributed by atoms with Gasteiger partial charge in [-0.15, -0.1) is 0 Å². The molecule has 0 unspecified atom stereocenters. The van der Waals surface area contributed by atoms with E-state index in [1.165, 1.54) is 6.08 Å². The van der Waals surface area contributed by atoms with Gasteiger partial charge in [0.25, 0.3) is 11.8 Å². The van der Waals surface area contributed by atoms with E-state index in [-0.39, 0.29) is 18.8 Å². The zero-order chi connectivity index (χ0) is 15.5. The van der Waals surface area contributed by atoms with E-state index in [1.807, 2.05) is 18.2 Å². The molecule has 2 amide bonds. The molecule has 2 aliphatic rings. The maximum absolute atomic E-state index is 12.1. The molecule has 3 rings (SSSR count). The second-order valence-corrected chi connectivity index (χ2v) is 4.86. The van der Waals surface area contributed by atoms with Crippen molar-refractivity contribution in [1.29, 1.82) is 0 Å². The molecule has 0 aliphatic carbocycles. The summed E-state index contributed by atoms with van der Waals surface area (Å²) < 4.78 is 10.9. The van der Waals surface area contributed by atoms with Gasteiger partial charge < -0.3 is 19.9 Å². The first-order chi connectivity index (χ1) is 10.7. The highest BCUT2D eigenvalue weighted by molar-refractivity contribution is 6.17. The Morgan fingerprint density at radius 3 is 2.68 bits per heavy atom. The van der Waals surface area contributed by atoms with Gasteiger partial charge in [-0.1, -0.05) is 18.2 Å². The molecule has 0 aromatic heterocycles. The molecule has 2 heterocycles. The highest BCUT2D eigenvalue weighted by atomic mass is 16.7. The number of nitrogens with zero attached hydrogens (tertiary/aromatic N) is 1. The molecule has 0 radical (unpaired) electrons. The number of para-hydroxylation sites is 1. The lowest BCUT2D eigenvalue weighted by Crippen LogP contribution is -2.34. The van der Waals surface area contributed by atoms with Gasteiger partial charge in [-0.25, -0.2) is 0 Å². The predicted molar refractivity (Wildman–Crippen MR) is 76.6 cm³/mol. The van der Waals surface area contributed by atoms with Gasteiger partial charge in [0, 0.05) is 17.3 Å². The van der Waals surface area contributed by atoms with Crippen LogP contribution in [0, 0.1) is 0 Å². The molecule has 1 fully saturated rings. The van der Waals surface area contributed by atoms with Crippen molar-refractivity contribution >= 4 is 17.5 Å². The van der Waals surface area contributed by atoms with Crippen LogP contribution in [0.1, 0.15) is 11.9 Å². The number of amides is 2. The number of anilines is 1. The highest BCUT2D eigenvalue weighted by Gasteiger charge is 2.31. The van der Waals surface area contributed by atoms with Crippen LogP contribution >= 0.6 is 0 Å². The van der Waals surface area contributed by atoms with Crippen molar-refractivity contribution in [2.75, 3.05) is 31.7 Å². The number of rotatable bonds is 5. The second-order valence-electron chi connectivity index (χ2n) is 4.86. The van der Waals surface area contributed by atoms with E-state index in [9.17, 15) is 9.59 Å². The Morgan fingerprint density at radius 2 is 1.95 bits per heavy atom. The zero-order valence-corrected chi connectivity index (χ0v) is 11.8. The van der Waals surface area contributed by atoms with E-state index in [4.69, 9.17) is 14.6 Å². The van der Waals surface area contributed by atoms with Crippen molar-refractivity contribution < 1.29 is 24.2 Å². The smallest absolute Gasteiger partial charge is 0.277 e. The van der Waals surface area contributed by atoms with Gasteiger partial charge in [0.05, 0.1) is 26.4 Å². The maximum atomic E-state index is 12.1. The lowest BCUT2D eigenvalue weighted by Gasteiger charge is -2.17. The molecule has 0 spiro atoms. The van der Waals surface area contributed by atoms with Crippen LogP contribution in [0.5, 0.6) is 0 Å². The number of hydrogen-bond donors (Lipinski definition) is 2. The Labute approximate surface area is 127 Å². The lowest BCUT2D eigenvalue weighted by molar-refractivity contribution is -0.137. The molecule has 2 N–H and O–H groups in total. The number of ether oxygens (including phenoxy) is 2. The topological polar surface area (TPSA) is 88.1 Å². The average Bonchev–Trinajstić information content (AvgIpc) is 3.13. The molecule has 1 aromatic rings. The lowest BCUT2D eigenvalue weighted by atomic mass is 10.1. The van der Waals surface area contributed by atoms with Crippen molar-refractivity contribution in [3.8, 4) is 0 Å². The number of β-amino-alcohol motifs (C(OH)–C–C–N with tert-alkyl or cyclic N) is 1. The van der Waals surface area contributed by atoms with Gasteiger partial charge in [0.15, 0.2) is 6.29 Å². The standard InChI is InChI=1S/C15H16N2O5/c18-6-5-17-13(19)9-12(14(17)20)16-11-4-2-1-3-10(11)15-21-7-8-22-15/h1-4,9,15-16,18H,5-8H2. The number of hydrogen-bond acceptors (Lipinski definition) is 6. The quantitative estimate of drug-likeness (QED) is 0.765. The van der Waals surface area contributed by atoms with Gasteiger partial charge >= 0.3 is 0 Å². The van der Waals surface area contributed by atoms with E-state index in [0.717, 1.165) is 10.5 Å². The van der Waals surface area contributed by atoms with Gasteiger partial charge in [0.1, 0.15) is 5.70 Å². The fourth-order valence-corrected chi connectivity index (χ4v) is 2.41. The van der Waals surface area contributed by atoms with Crippen LogP contribution in [-0.4, -0.2) is 48.2 Å². The van der Waals surface area contributed by atoms with Gasteiger partial charge in [-0.3, -0.25) is 14.5 Å². The summed E-state index contributed by atoms with van der Waals surface area (Å²) in [5.41, 5.74) is 1.58. The monoisotopic (exact) mass is 304 g/mol. The average molecular weight is 304 g/mol. The third-order valence-electron chi connectivity index (χ3n) is 3.44. The van der Waals surface area contributed by atoms with E-state index in [1.54, 1.807) is 6.07 Å². The van der Waals surface area contributed by atoms with E-state index >= 15 is 0 Å². The molecule has 116 valence electrons. The van der Waals surface area contributed by atoms with Crippen molar-refractivity contribution in [3.63, 3.8) is 0 Å². The van der Waals surface area contributed by atoms with E-state index in [0.29, 0.717) is 18.9 Å². The molecule has 1 saturated heterocycles. The predicted octanol–water partition coefficient (Wildman–Crippen LogP) is 0.389. The number of aliphatic hydroxyl groups is 1. The summed E-state index contributed by atoms with van der Waals surface area (Å²) in [6, 6.07) is 7.28. The minimum absolute atomic E-state index is 0.0180. The molecule has 2 aliphatic heterocycles. The summed E-state index contributed by atoms with van der Waals surface area (Å²) in [7, 11) is 0. The minimum Gasteiger partial charge on any atom is -0.395 e. The zero-order valence-electron chi connectivity index (χ0n) is 11.8. The Balaban J connectivity index is 1.81. The van der Waals surface area contributed by atoms with Crippen LogP contribution in [0.15, 0.2) is 36.0 Å². The SMILES string of the molecule is O=C1C=C(Nc2ccccc2C2OCCO2)C(=O)N1CCO. The number of carbonyl (C=O) groups is 2. The first kappa shape index (κ1) is 14.7.